The van der Waals surface area contributed by atoms with Crippen LogP contribution in [0.3, 0.4) is 0 Å². The number of ether oxygens (including phenoxy) is 2. The molecule has 0 saturated carbocycles. The van der Waals surface area contributed by atoms with E-state index in [0.29, 0.717) is 44.3 Å². The predicted octanol–water partition coefficient (Wildman–Crippen LogP) is 3.78. The van der Waals surface area contributed by atoms with Crippen molar-refractivity contribution in [3.8, 4) is 5.75 Å². The van der Waals surface area contributed by atoms with Crippen LogP contribution in [-0.2, 0) is 9.53 Å². The van der Waals surface area contributed by atoms with Gasteiger partial charge in [0.15, 0.2) is 0 Å². The molecule has 0 unspecified atom stereocenters. The number of carbonyl (C=O) groups excluding carboxylic acids is 2. The summed E-state index contributed by atoms with van der Waals surface area (Å²) >= 11 is 6.48. The summed E-state index contributed by atoms with van der Waals surface area (Å²) in [6.07, 6.45) is 1.33. The zero-order valence-electron chi connectivity index (χ0n) is 22.1. The van der Waals surface area contributed by atoms with Crippen molar-refractivity contribution in [1.29, 1.82) is 0 Å². The summed E-state index contributed by atoms with van der Waals surface area (Å²) in [6.45, 7) is 6.56. The number of hydrogen-bond acceptors (Lipinski definition) is 6. The molecule has 3 amide bonds. The van der Waals surface area contributed by atoms with Crippen LogP contribution in [0.15, 0.2) is 53.6 Å². The van der Waals surface area contributed by atoms with Crippen molar-refractivity contribution in [1.82, 2.24) is 20.1 Å². The van der Waals surface area contributed by atoms with E-state index in [9.17, 15) is 9.59 Å². The van der Waals surface area contributed by atoms with E-state index in [-0.39, 0.29) is 24.5 Å². The first-order valence-corrected chi connectivity index (χ1v) is 13.5. The topological polar surface area (TPSA) is 86.7 Å². The normalized spacial score (nSPS) is 17.7. The lowest BCUT2D eigenvalue weighted by Gasteiger charge is -2.31. The number of hydrazone groups is 1. The van der Waals surface area contributed by atoms with E-state index in [2.05, 4.69) is 10.2 Å². The summed E-state index contributed by atoms with van der Waals surface area (Å²) in [4.78, 5) is 30.6. The Morgan fingerprint density at radius 1 is 1.16 bits per heavy atom. The molecule has 2 aromatic carbocycles. The number of urea groups is 1. The number of nitrogens with zero attached hydrogens (tertiary/aromatic N) is 4. The fraction of sp³-hybridized carbons (Fsp3) is 0.464. The van der Waals surface area contributed by atoms with Crippen LogP contribution >= 0.6 is 11.6 Å². The van der Waals surface area contributed by atoms with Crippen LogP contribution in [0, 0.1) is 0 Å². The summed E-state index contributed by atoms with van der Waals surface area (Å²) < 4.78 is 10.7. The molecule has 1 saturated heterocycles. The van der Waals surface area contributed by atoms with Gasteiger partial charge in [-0.2, -0.15) is 5.10 Å². The van der Waals surface area contributed by atoms with E-state index < -0.39 is 0 Å². The van der Waals surface area contributed by atoms with E-state index in [4.69, 9.17) is 26.2 Å². The van der Waals surface area contributed by atoms with Crippen molar-refractivity contribution in [2.45, 2.75) is 25.8 Å². The van der Waals surface area contributed by atoms with Gasteiger partial charge in [-0.15, -0.1) is 0 Å². The van der Waals surface area contributed by atoms with Gasteiger partial charge in [-0.05, 0) is 30.2 Å². The summed E-state index contributed by atoms with van der Waals surface area (Å²) in [6, 6.07) is 14.6. The van der Waals surface area contributed by atoms with E-state index in [1.165, 1.54) is 5.01 Å². The molecule has 0 bridgehead atoms. The molecule has 4 rings (SSSR count). The average molecular weight is 542 g/mol. The van der Waals surface area contributed by atoms with Crippen LogP contribution in [0.5, 0.6) is 5.75 Å². The Balaban J connectivity index is 1.56. The molecule has 10 heteroatoms. The highest BCUT2D eigenvalue weighted by molar-refractivity contribution is 6.34. The van der Waals surface area contributed by atoms with Gasteiger partial charge in [-0.1, -0.05) is 48.9 Å². The van der Waals surface area contributed by atoms with Crippen LogP contribution < -0.4 is 10.1 Å². The molecule has 9 nitrogen and oxygen atoms in total. The summed E-state index contributed by atoms with van der Waals surface area (Å²) in [5.41, 5.74) is 2.47. The van der Waals surface area contributed by atoms with Crippen molar-refractivity contribution in [2.24, 2.45) is 5.10 Å². The van der Waals surface area contributed by atoms with E-state index in [0.717, 1.165) is 42.1 Å². The van der Waals surface area contributed by atoms with Gasteiger partial charge in [0.1, 0.15) is 12.3 Å². The van der Waals surface area contributed by atoms with Gasteiger partial charge in [0.2, 0.25) is 0 Å². The average Bonchev–Trinajstić information content (AvgIpc) is 3.40. The van der Waals surface area contributed by atoms with E-state index in [1.807, 2.05) is 55.5 Å². The summed E-state index contributed by atoms with van der Waals surface area (Å²) in [5, 5.41) is 9.76. The van der Waals surface area contributed by atoms with E-state index in [1.54, 1.807) is 12.0 Å². The monoisotopic (exact) mass is 541 g/mol. The zero-order chi connectivity index (χ0) is 26.9. The lowest BCUT2D eigenvalue weighted by Crippen LogP contribution is -2.49. The number of morpholine rings is 1. The van der Waals surface area contributed by atoms with Crippen LogP contribution in [0.1, 0.15) is 36.9 Å². The van der Waals surface area contributed by atoms with Crippen LogP contribution in [0.4, 0.5) is 4.79 Å². The first-order chi connectivity index (χ1) is 18.5. The van der Waals surface area contributed by atoms with Crippen LogP contribution in [-0.4, -0.2) is 92.1 Å². The number of methoxy groups -OCH3 is 1. The smallest absolute Gasteiger partial charge is 0.317 e. The Labute approximate surface area is 229 Å². The van der Waals surface area contributed by atoms with Crippen molar-refractivity contribution < 1.29 is 19.1 Å². The van der Waals surface area contributed by atoms with Gasteiger partial charge in [0, 0.05) is 49.7 Å². The van der Waals surface area contributed by atoms with Gasteiger partial charge in [-0.25, -0.2) is 9.80 Å². The molecule has 2 aromatic rings. The minimum atomic E-state index is -0.320. The highest BCUT2D eigenvalue weighted by Crippen LogP contribution is 2.35. The second-order valence-corrected chi connectivity index (χ2v) is 9.77. The molecule has 38 heavy (non-hydrogen) atoms. The number of hydrogen-bond donors (Lipinski definition) is 1. The molecule has 0 spiro atoms. The minimum Gasteiger partial charge on any atom is -0.497 e. The number of rotatable bonds is 10. The molecular formula is C28H36ClN5O4. The molecule has 2 heterocycles. The third-order valence-corrected chi connectivity index (χ3v) is 7.11. The molecule has 1 atom stereocenters. The number of nitrogens with one attached hydrogen (secondary N) is 1. The third-order valence-electron chi connectivity index (χ3n) is 6.78. The Morgan fingerprint density at radius 2 is 1.89 bits per heavy atom. The van der Waals surface area contributed by atoms with Gasteiger partial charge >= 0.3 is 6.03 Å². The number of benzene rings is 2. The van der Waals surface area contributed by atoms with Crippen LogP contribution in [0.2, 0.25) is 5.02 Å². The highest BCUT2D eigenvalue weighted by Gasteiger charge is 2.35. The van der Waals surface area contributed by atoms with Gasteiger partial charge in [0.25, 0.3) is 5.91 Å². The van der Waals surface area contributed by atoms with Crippen molar-refractivity contribution in [3.05, 3.63) is 64.7 Å². The Bertz CT molecular complexity index is 1120. The number of carbonyl (C=O) groups is 2. The van der Waals surface area contributed by atoms with E-state index >= 15 is 0 Å². The Morgan fingerprint density at radius 3 is 2.58 bits per heavy atom. The molecule has 2 aliphatic rings. The van der Waals surface area contributed by atoms with Gasteiger partial charge in [-0.3, -0.25) is 9.69 Å². The second-order valence-electron chi connectivity index (χ2n) is 9.37. The molecule has 0 aromatic heterocycles. The standard InChI is InChI=1S/C28H36ClN5O4/c1-3-12-30-28(36)33(14-13-32-15-17-38-18-16-32)20-27(35)34-26(21-8-10-22(37-2)11-9-21)19-25(31-34)23-6-4-5-7-24(23)29/h4-11,26H,3,12-20H2,1-2H3,(H,30,36)/t26-/m0/s1. The summed E-state index contributed by atoms with van der Waals surface area (Å²) in [7, 11) is 1.62. The quantitative estimate of drug-likeness (QED) is 0.495. The Hall–Kier alpha value is -3.14. The summed E-state index contributed by atoms with van der Waals surface area (Å²) in [5.74, 6) is 0.486. The zero-order valence-corrected chi connectivity index (χ0v) is 22.8. The molecule has 2 aliphatic heterocycles. The maximum Gasteiger partial charge on any atom is 0.317 e. The largest absolute Gasteiger partial charge is 0.497 e. The number of amides is 3. The first-order valence-electron chi connectivity index (χ1n) is 13.1. The van der Waals surface area contributed by atoms with Crippen LogP contribution in [0.25, 0.3) is 0 Å². The molecule has 1 N–H and O–H groups in total. The lowest BCUT2D eigenvalue weighted by molar-refractivity contribution is -0.133. The van der Waals surface area contributed by atoms with Crippen molar-refractivity contribution in [3.63, 3.8) is 0 Å². The lowest BCUT2D eigenvalue weighted by atomic mass is 9.98. The molecule has 204 valence electrons. The Kier molecular flexibility index (Phi) is 9.98. The first kappa shape index (κ1) is 27.9. The maximum atomic E-state index is 13.8. The maximum absolute atomic E-state index is 13.8. The SMILES string of the molecule is CCCNC(=O)N(CCN1CCOCC1)CC(=O)N1N=C(c2ccccc2Cl)C[C@H]1c1ccc(OC)cc1. The number of halogens is 1. The van der Waals surface area contributed by atoms with Gasteiger partial charge in [0.05, 0.1) is 32.1 Å². The molecule has 1 fully saturated rings. The van der Waals surface area contributed by atoms with Crippen molar-refractivity contribution in [2.75, 3.05) is 59.6 Å². The predicted molar refractivity (Wildman–Crippen MR) is 148 cm³/mol. The highest BCUT2D eigenvalue weighted by atomic mass is 35.5. The van der Waals surface area contributed by atoms with Crippen molar-refractivity contribution >= 4 is 29.3 Å². The molecular weight excluding hydrogens is 506 g/mol. The fourth-order valence-corrected chi connectivity index (χ4v) is 4.85. The minimum absolute atomic E-state index is 0.0775. The fourth-order valence-electron chi connectivity index (χ4n) is 4.60. The molecule has 0 radical (unpaired) electrons. The van der Waals surface area contributed by atoms with Gasteiger partial charge < -0.3 is 19.7 Å². The third kappa shape index (κ3) is 7.03. The second kappa shape index (κ2) is 13.6. The molecule has 0 aliphatic carbocycles.